The Balaban J connectivity index is 0.000000993. The van der Waals surface area contributed by atoms with Crippen molar-refractivity contribution < 1.29 is 9.13 Å². The van der Waals surface area contributed by atoms with E-state index in [1.54, 1.807) is 12.4 Å². The highest BCUT2D eigenvalue weighted by atomic mass is 19.1. The van der Waals surface area contributed by atoms with Gasteiger partial charge in [0.2, 0.25) is 5.95 Å². The molecule has 2 aromatic heterocycles. The molecule has 4 rings (SSSR count). The van der Waals surface area contributed by atoms with Gasteiger partial charge in [0.1, 0.15) is 0 Å². The summed E-state index contributed by atoms with van der Waals surface area (Å²) in [5, 5.41) is 4.25. The van der Waals surface area contributed by atoms with Crippen LogP contribution in [0.15, 0.2) is 41.8 Å². The molecule has 1 fully saturated rings. The van der Waals surface area contributed by atoms with E-state index in [0.717, 1.165) is 43.7 Å². The summed E-state index contributed by atoms with van der Waals surface area (Å²) in [4.78, 5) is 17.1. The van der Waals surface area contributed by atoms with Gasteiger partial charge in [-0.1, -0.05) is 60.6 Å². The van der Waals surface area contributed by atoms with E-state index < -0.39 is 5.82 Å². The molecule has 0 spiro atoms. The van der Waals surface area contributed by atoms with Gasteiger partial charge in [-0.05, 0) is 79.2 Å². The standard InChI is InChI=1S/C28H36FN7O.C4H10.C2H6/c1-5-9-35(6-2)19-22-14-20(3)26(21(4)15-22)23-7-8-30-24(16-23)17-32-34-28-31-18-25(29)27(33-28)36-10-12-37-13-11-36;1-4(2)3;1-2/h7-8,14-18H,5-6,9-13,19H2,1-4H3,(H,31,33,34);4H,1-3H3;1-2H3/b32-17+;;. The number of benzene rings is 1. The van der Waals surface area contributed by atoms with Crippen LogP contribution in [0, 0.1) is 25.6 Å². The number of rotatable bonds is 10. The topological polar surface area (TPSA) is 78.8 Å². The van der Waals surface area contributed by atoms with Crippen molar-refractivity contribution >= 4 is 18.0 Å². The van der Waals surface area contributed by atoms with Gasteiger partial charge in [-0.25, -0.2) is 14.8 Å². The van der Waals surface area contributed by atoms with Gasteiger partial charge in [0.15, 0.2) is 11.6 Å². The molecule has 3 aromatic rings. The van der Waals surface area contributed by atoms with Crippen LogP contribution in [0.3, 0.4) is 0 Å². The first-order valence-corrected chi connectivity index (χ1v) is 15.6. The van der Waals surface area contributed by atoms with Crippen LogP contribution < -0.4 is 10.3 Å². The van der Waals surface area contributed by atoms with Crippen molar-refractivity contribution in [1.82, 2.24) is 19.9 Å². The number of aromatic nitrogens is 3. The zero-order valence-corrected chi connectivity index (χ0v) is 27.7. The molecule has 1 saturated heterocycles. The first-order chi connectivity index (χ1) is 20.7. The van der Waals surface area contributed by atoms with Gasteiger partial charge in [-0.3, -0.25) is 9.88 Å². The Kier molecular flexibility index (Phi) is 15.8. The van der Waals surface area contributed by atoms with Gasteiger partial charge in [-0.2, -0.15) is 10.1 Å². The second kappa shape index (κ2) is 19.0. The van der Waals surface area contributed by atoms with E-state index >= 15 is 0 Å². The Labute approximate surface area is 258 Å². The zero-order chi connectivity index (χ0) is 31.8. The normalized spacial score (nSPS) is 13.1. The molecule has 0 atom stereocenters. The number of hydrogen-bond acceptors (Lipinski definition) is 8. The van der Waals surface area contributed by atoms with E-state index in [1.807, 2.05) is 30.9 Å². The fourth-order valence-corrected chi connectivity index (χ4v) is 4.76. The third kappa shape index (κ3) is 11.6. The molecule has 1 aromatic carbocycles. The molecule has 0 bridgehead atoms. The summed E-state index contributed by atoms with van der Waals surface area (Å²) in [6, 6.07) is 8.61. The summed E-state index contributed by atoms with van der Waals surface area (Å²) in [7, 11) is 0. The van der Waals surface area contributed by atoms with E-state index in [4.69, 9.17) is 4.74 Å². The summed E-state index contributed by atoms with van der Waals surface area (Å²) in [5.41, 5.74) is 9.62. The number of pyridine rings is 1. The van der Waals surface area contributed by atoms with Gasteiger partial charge in [-0.15, -0.1) is 0 Å². The van der Waals surface area contributed by atoms with Crippen LogP contribution in [0.2, 0.25) is 0 Å². The molecule has 0 radical (unpaired) electrons. The van der Waals surface area contributed by atoms with Crippen molar-refractivity contribution in [3.63, 3.8) is 0 Å². The highest BCUT2D eigenvalue weighted by molar-refractivity contribution is 5.81. The van der Waals surface area contributed by atoms with Crippen molar-refractivity contribution in [1.29, 1.82) is 0 Å². The zero-order valence-electron chi connectivity index (χ0n) is 27.7. The maximum absolute atomic E-state index is 14.3. The lowest BCUT2D eigenvalue weighted by atomic mass is 9.93. The molecule has 3 heterocycles. The van der Waals surface area contributed by atoms with Gasteiger partial charge >= 0.3 is 0 Å². The largest absolute Gasteiger partial charge is 0.378 e. The number of halogens is 1. The number of ether oxygens (including phenoxy) is 1. The van der Waals surface area contributed by atoms with Crippen LogP contribution in [0.5, 0.6) is 0 Å². The van der Waals surface area contributed by atoms with Crippen molar-refractivity contribution in [2.45, 2.75) is 75.3 Å². The lowest BCUT2D eigenvalue weighted by Crippen LogP contribution is -2.37. The molecule has 9 heteroatoms. The van der Waals surface area contributed by atoms with Gasteiger partial charge in [0, 0.05) is 25.8 Å². The van der Waals surface area contributed by atoms with E-state index in [1.165, 1.54) is 22.3 Å². The Morgan fingerprint density at radius 3 is 2.33 bits per heavy atom. The molecule has 1 N–H and O–H groups in total. The molecular formula is C34H52FN7O. The molecule has 0 saturated carbocycles. The van der Waals surface area contributed by atoms with Gasteiger partial charge in [0.05, 0.1) is 31.3 Å². The van der Waals surface area contributed by atoms with Crippen molar-refractivity contribution in [2.75, 3.05) is 49.7 Å². The average molecular weight is 594 g/mol. The monoisotopic (exact) mass is 593 g/mol. The number of hydrazone groups is 1. The minimum atomic E-state index is -0.463. The smallest absolute Gasteiger partial charge is 0.245 e. The third-order valence-electron chi connectivity index (χ3n) is 6.45. The van der Waals surface area contributed by atoms with Gasteiger partial charge in [0.25, 0.3) is 0 Å². The second-order valence-electron chi connectivity index (χ2n) is 11.0. The van der Waals surface area contributed by atoms with Crippen molar-refractivity contribution in [3.8, 4) is 11.1 Å². The van der Waals surface area contributed by atoms with Crippen LogP contribution in [0.4, 0.5) is 16.2 Å². The van der Waals surface area contributed by atoms with E-state index in [0.29, 0.717) is 32.0 Å². The molecule has 0 aliphatic carbocycles. The SMILES string of the molecule is CC.CC(C)C.CCCN(CC)Cc1cc(C)c(-c2ccnc(/C=N/Nc3ncc(F)c(N4CCOCC4)n3)c2)c(C)c1. The summed E-state index contributed by atoms with van der Waals surface area (Å²) in [5.74, 6) is 0.847. The van der Waals surface area contributed by atoms with Crippen LogP contribution in [-0.4, -0.2) is 65.5 Å². The minimum Gasteiger partial charge on any atom is -0.378 e. The van der Waals surface area contributed by atoms with Crippen LogP contribution in [0.1, 0.15) is 77.3 Å². The van der Waals surface area contributed by atoms with E-state index in [-0.39, 0.29) is 11.8 Å². The summed E-state index contributed by atoms with van der Waals surface area (Å²) >= 11 is 0. The van der Waals surface area contributed by atoms with Crippen molar-refractivity contribution in [3.05, 3.63) is 64.9 Å². The predicted molar refractivity (Wildman–Crippen MR) is 178 cm³/mol. The molecule has 8 nitrogen and oxygen atoms in total. The molecule has 1 aliphatic rings. The fraction of sp³-hybridized carbons (Fsp3) is 0.529. The number of morpholine rings is 1. The first kappa shape index (κ1) is 35.8. The highest BCUT2D eigenvalue weighted by Gasteiger charge is 2.18. The van der Waals surface area contributed by atoms with Crippen LogP contribution in [-0.2, 0) is 11.3 Å². The highest BCUT2D eigenvalue weighted by Crippen LogP contribution is 2.29. The first-order valence-electron chi connectivity index (χ1n) is 15.6. The fourth-order valence-electron chi connectivity index (χ4n) is 4.76. The predicted octanol–water partition coefficient (Wildman–Crippen LogP) is 7.50. The maximum atomic E-state index is 14.3. The molecule has 43 heavy (non-hydrogen) atoms. The number of nitrogens with one attached hydrogen (secondary N) is 1. The summed E-state index contributed by atoms with van der Waals surface area (Å²) in [6.45, 7) is 24.6. The summed E-state index contributed by atoms with van der Waals surface area (Å²) in [6.07, 6.45) is 5.72. The number of hydrogen-bond donors (Lipinski definition) is 1. The molecule has 236 valence electrons. The van der Waals surface area contributed by atoms with Gasteiger partial charge < -0.3 is 9.64 Å². The van der Waals surface area contributed by atoms with Crippen LogP contribution in [0.25, 0.3) is 11.1 Å². The summed E-state index contributed by atoms with van der Waals surface area (Å²) < 4.78 is 19.6. The lowest BCUT2D eigenvalue weighted by molar-refractivity contribution is 0.122. The Morgan fingerprint density at radius 2 is 1.72 bits per heavy atom. The van der Waals surface area contributed by atoms with E-state index in [9.17, 15) is 4.39 Å². The molecule has 0 amide bonds. The quantitative estimate of drug-likeness (QED) is 0.193. The molecule has 1 aliphatic heterocycles. The second-order valence-corrected chi connectivity index (χ2v) is 11.0. The lowest BCUT2D eigenvalue weighted by Gasteiger charge is -2.27. The number of anilines is 2. The number of nitrogens with zero attached hydrogens (tertiary/aromatic N) is 6. The Hall–Kier alpha value is -3.43. The third-order valence-corrected chi connectivity index (χ3v) is 6.45. The van der Waals surface area contributed by atoms with E-state index in [2.05, 4.69) is 91.0 Å². The maximum Gasteiger partial charge on any atom is 0.245 e. The van der Waals surface area contributed by atoms with Crippen molar-refractivity contribution in [2.24, 2.45) is 11.0 Å². The number of aryl methyl sites for hydroxylation is 2. The molecular weight excluding hydrogens is 541 g/mol. The Morgan fingerprint density at radius 1 is 1.07 bits per heavy atom. The minimum absolute atomic E-state index is 0.224. The Bertz CT molecular complexity index is 1250. The molecule has 0 unspecified atom stereocenters. The van der Waals surface area contributed by atoms with Crippen LogP contribution >= 0.6 is 0 Å². The average Bonchev–Trinajstić information content (AvgIpc) is 2.99.